The molecule has 0 heterocycles. The number of halogens is 1. The summed E-state index contributed by atoms with van der Waals surface area (Å²) >= 11 is 3.19. The Morgan fingerprint density at radius 2 is 2.05 bits per heavy atom. The minimum atomic E-state index is -3.99. The standard InChI is InChI=1S/C12H15BrN2O4S/c1-12(3-4-12)15-11(16)7-5-8(13)10(19-2)9(6-7)20(14,17)18/h5-6H,3-4H2,1-2H3,(H,15,16)(H2,14,17,18). The van der Waals surface area contributed by atoms with E-state index < -0.39 is 10.0 Å². The zero-order valence-electron chi connectivity index (χ0n) is 11.1. The van der Waals surface area contributed by atoms with Gasteiger partial charge in [0.2, 0.25) is 10.0 Å². The number of ether oxygens (including phenoxy) is 1. The van der Waals surface area contributed by atoms with Crippen LogP contribution < -0.4 is 15.2 Å². The first-order chi connectivity index (χ1) is 9.16. The van der Waals surface area contributed by atoms with Crippen LogP contribution in [0.1, 0.15) is 30.1 Å². The lowest BCUT2D eigenvalue weighted by Crippen LogP contribution is -2.34. The van der Waals surface area contributed by atoms with Gasteiger partial charge in [-0.05, 0) is 47.8 Å². The van der Waals surface area contributed by atoms with E-state index in [0.717, 1.165) is 12.8 Å². The lowest BCUT2D eigenvalue weighted by molar-refractivity contribution is 0.0935. The van der Waals surface area contributed by atoms with Crippen LogP contribution in [0.25, 0.3) is 0 Å². The lowest BCUT2D eigenvalue weighted by Gasteiger charge is -2.14. The molecular formula is C12H15BrN2O4S. The molecule has 8 heteroatoms. The van der Waals surface area contributed by atoms with Crippen LogP contribution in [0.15, 0.2) is 21.5 Å². The Morgan fingerprint density at radius 1 is 1.45 bits per heavy atom. The molecule has 0 spiro atoms. The summed E-state index contributed by atoms with van der Waals surface area (Å²) < 4.78 is 28.5. The van der Waals surface area contributed by atoms with Crippen LogP contribution in [-0.2, 0) is 10.0 Å². The Kier molecular flexibility index (Phi) is 3.83. The summed E-state index contributed by atoms with van der Waals surface area (Å²) in [7, 11) is -2.65. The predicted octanol–water partition coefficient (Wildman–Crippen LogP) is 1.39. The SMILES string of the molecule is COc1c(Br)cc(C(=O)NC2(C)CC2)cc1S(N)(=O)=O. The molecule has 0 aromatic heterocycles. The van der Waals surface area contributed by atoms with Gasteiger partial charge in [-0.25, -0.2) is 13.6 Å². The van der Waals surface area contributed by atoms with Gasteiger partial charge in [-0.2, -0.15) is 0 Å². The molecule has 0 aliphatic heterocycles. The number of nitrogens with one attached hydrogen (secondary N) is 1. The van der Waals surface area contributed by atoms with Gasteiger partial charge in [0.15, 0.2) is 5.75 Å². The van der Waals surface area contributed by atoms with E-state index in [1.807, 2.05) is 6.92 Å². The number of hydrogen-bond donors (Lipinski definition) is 2. The number of carbonyl (C=O) groups excluding carboxylic acids is 1. The van der Waals surface area contributed by atoms with Crippen molar-refractivity contribution in [2.75, 3.05) is 7.11 Å². The van der Waals surface area contributed by atoms with Crippen LogP contribution >= 0.6 is 15.9 Å². The Labute approximate surface area is 125 Å². The molecule has 1 aliphatic rings. The fraction of sp³-hybridized carbons (Fsp3) is 0.417. The summed E-state index contributed by atoms with van der Waals surface area (Å²) in [6, 6.07) is 2.73. The molecule has 1 amide bonds. The molecule has 0 atom stereocenters. The fourth-order valence-electron chi connectivity index (χ4n) is 1.77. The normalized spacial score (nSPS) is 16.6. The van der Waals surface area contributed by atoms with Crippen molar-refractivity contribution in [3.05, 3.63) is 22.2 Å². The maximum absolute atomic E-state index is 12.1. The third-order valence-corrected chi connectivity index (χ3v) is 4.70. The molecular weight excluding hydrogens is 348 g/mol. The highest BCUT2D eigenvalue weighted by molar-refractivity contribution is 9.10. The fourth-order valence-corrected chi connectivity index (χ4v) is 3.26. The summed E-state index contributed by atoms with van der Waals surface area (Å²) in [6.45, 7) is 1.93. The maximum Gasteiger partial charge on any atom is 0.251 e. The number of nitrogens with two attached hydrogens (primary N) is 1. The number of rotatable bonds is 4. The zero-order chi connectivity index (χ0) is 15.1. The van der Waals surface area contributed by atoms with Crippen LogP contribution in [0.2, 0.25) is 0 Å². The van der Waals surface area contributed by atoms with Gasteiger partial charge in [0.1, 0.15) is 4.90 Å². The third kappa shape index (κ3) is 3.13. The highest BCUT2D eigenvalue weighted by Crippen LogP contribution is 2.36. The minimum Gasteiger partial charge on any atom is -0.494 e. The molecule has 1 aromatic carbocycles. The van der Waals surface area contributed by atoms with Crippen LogP contribution in [-0.4, -0.2) is 27.0 Å². The largest absolute Gasteiger partial charge is 0.494 e. The molecule has 1 aromatic rings. The van der Waals surface area contributed by atoms with Crippen LogP contribution in [0.5, 0.6) is 5.75 Å². The van der Waals surface area contributed by atoms with Crippen molar-refractivity contribution in [1.82, 2.24) is 5.32 Å². The van der Waals surface area contributed by atoms with E-state index in [1.54, 1.807) is 0 Å². The van der Waals surface area contributed by atoms with Gasteiger partial charge in [-0.15, -0.1) is 0 Å². The maximum atomic E-state index is 12.1. The van der Waals surface area contributed by atoms with Gasteiger partial charge < -0.3 is 10.1 Å². The Hall–Kier alpha value is -1.12. The minimum absolute atomic E-state index is 0.0849. The Balaban J connectivity index is 2.45. The predicted molar refractivity (Wildman–Crippen MR) is 77.2 cm³/mol. The van der Waals surface area contributed by atoms with Gasteiger partial charge in [0.05, 0.1) is 11.6 Å². The molecule has 3 N–H and O–H groups in total. The highest BCUT2D eigenvalue weighted by Gasteiger charge is 2.39. The van der Waals surface area contributed by atoms with E-state index in [4.69, 9.17) is 9.88 Å². The van der Waals surface area contributed by atoms with Crippen molar-refractivity contribution in [2.24, 2.45) is 5.14 Å². The van der Waals surface area contributed by atoms with Crippen molar-refractivity contribution in [3.63, 3.8) is 0 Å². The number of carbonyl (C=O) groups is 1. The van der Waals surface area contributed by atoms with Crippen molar-refractivity contribution >= 4 is 31.9 Å². The second-order valence-corrected chi connectivity index (χ2v) is 7.43. The first kappa shape index (κ1) is 15.3. The third-order valence-electron chi connectivity index (χ3n) is 3.20. The highest BCUT2D eigenvalue weighted by atomic mass is 79.9. The van der Waals surface area contributed by atoms with Crippen molar-refractivity contribution < 1.29 is 17.9 Å². The zero-order valence-corrected chi connectivity index (χ0v) is 13.5. The van der Waals surface area contributed by atoms with Gasteiger partial charge in [0, 0.05) is 11.1 Å². The van der Waals surface area contributed by atoms with E-state index in [-0.39, 0.29) is 27.7 Å². The average Bonchev–Trinajstić information content (AvgIpc) is 3.04. The van der Waals surface area contributed by atoms with E-state index in [9.17, 15) is 13.2 Å². The number of methoxy groups -OCH3 is 1. The molecule has 1 saturated carbocycles. The number of benzene rings is 1. The number of hydrogen-bond acceptors (Lipinski definition) is 4. The van der Waals surface area contributed by atoms with Crippen molar-refractivity contribution in [1.29, 1.82) is 0 Å². The molecule has 0 unspecified atom stereocenters. The summed E-state index contributed by atoms with van der Waals surface area (Å²) in [4.78, 5) is 11.9. The second kappa shape index (κ2) is 5.01. The van der Waals surface area contributed by atoms with Crippen molar-refractivity contribution in [2.45, 2.75) is 30.2 Å². The summed E-state index contributed by atoms with van der Waals surface area (Å²) in [5.74, 6) is -0.250. The molecule has 20 heavy (non-hydrogen) atoms. The van der Waals surface area contributed by atoms with Gasteiger partial charge >= 0.3 is 0 Å². The second-order valence-electron chi connectivity index (χ2n) is 5.05. The van der Waals surface area contributed by atoms with Gasteiger partial charge in [0.25, 0.3) is 5.91 Å². The lowest BCUT2D eigenvalue weighted by atomic mass is 10.2. The Bertz CT molecular complexity index is 668. The van der Waals surface area contributed by atoms with Crippen LogP contribution in [0.3, 0.4) is 0 Å². The molecule has 1 fully saturated rings. The quantitative estimate of drug-likeness (QED) is 0.845. The number of amides is 1. The number of sulfonamides is 1. The van der Waals surface area contributed by atoms with E-state index in [1.165, 1.54) is 19.2 Å². The topological polar surface area (TPSA) is 98.5 Å². The average molecular weight is 363 g/mol. The monoisotopic (exact) mass is 362 g/mol. The first-order valence-corrected chi connectivity index (χ1v) is 8.23. The Morgan fingerprint density at radius 3 is 2.50 bits per heavy atom. The molecule has 0 radical (unpaired) electrons. The molecule has 6 nitrogen and oxygen atoms in total. The van der Waals surface area contributed by atoms with E-state index >= 15 is 0 Å². The molecule has 2 rings (SSSR count). The van der Waals surface area contributed by atoms with E-state index in [0.29, 0.717) is 4.47 Å². The molecule has 110 valence electrons. The summed E-state index contributed by atoms with van der Waals surface area (Å²) in [5.41, 5.74) is 0.0282. The van der Waals surface area contributed by atoms with Crippen LogP contribution in [0, 0.1) is 0 Å². The smallest absolute Gasteiger partial charge is 0.251 e. The van der Waals surface area contributed by atoms with Gasteiger partial charge in [-0.1, -0.05) is 0 Å². The summed E-state index contributed by atoms with van der Waals surface area (Å²) in [5, 5.41) is 8.00. The molecule has 0 bridgehead atoms. The van der Waals surface area contributed by atoms with E-state index in [2.05, 4.69) is 21.2 Å². The summed E-state index contributed by atoms with van der Waals surface area (Å²) in [6.07, 6.45) is 1.83. The van der Waals surface area contributed by atoms with Gasteiger partial charge in [-0.3, -0.25) is 4.79 Å². The number of primary sulfonamides is 1. The first-order valence-electron chi connectivity index (χ1n) is 5.89. The van der Waals surface area contributed by atoms with Crippen molar-refractivity contribution in [3.8, 4) is 5.75 Å². The molecule has 1 aliphatic carbocycles. The van der Waals surface area contributed by atoms with Crippen LogP contribution in [0.4, 0.5) is 0 Å². The molecule has 0 saturated heterocycles.